The Morgan fingerprint density at radius 3 is 2.35 bits per heavy atom. The summed E-state index contributed by atoms with van der Waals surface area (Å²) in [5.41, 5.74) is 5.21. The first kappa shape index (κ1) is 37.1. The van der Waals surface area contributed by atoms with E-state index in [4.69, 9.17) is 19.0 Å². The van der Waals surface area contributed by atoms with Gasteiger partial charge in [0.15, 0.2) is 5.58 Å². The molecule has 0 amide bonds. The highest BCUT2D eigenvalue weighted by molar-refractivity contribution is 5.87. The predicted molar refractivity (Wildman–Crippen MR) is 196 cm³/mol. The van der Waals surface area contributed by atoms with Crippen molar-refractivity contribution in [1.82, 2.24) is 14.9 Å². The van der Waals surface area contributed by atoms with Gasteiger partial charge in [0.25, 0.3) is 0 Å². The van der Waals surface area contributed by atoms with Crippen LogP contribution in [0, 0.1) is 0 Å². The first-order valence-corrected chi connectivity index (χ1v) is 17.7. The minimum Gasteiger partial charge on any atom is -0.489 e. The quantitative estimate of drug-likeness (QED) is 0.110. The Balaban J connectivity index is 1.05. The second kappa shape index (κ2) is 16.0. The fourth-order valence-electron chi connectivity index (χ4n) is 6.90. The number of ether oxygens (including phenoxy) is 2. The number of carbonyl (C=O) groups is 2. The number of nitrogens with zero attached hydrogens (tertiary/aromatic N) is 3. The Kier molecular flexibility index (Phi) is 10.8. The number of pyridine rings is 1. The van der Waals surface area contributed by atoms with E-state index in [1.54, 1.807) is 30.3 Å². The molecule has 2 heterocycles. The Bertz CT molecular complexity index is 2310. The van der Waals surface area contributed by atoms with E-state index in [9.17, 15) is 27.9 Å². The molecular formula is C42H36F3N3O7. The average Bonchev–Trinajstić information content (AvgIpc) is 3.61. The summed E-state index contributed by atoms with van der Waals surface area (Å²) < 4.78 is 56.4. The van der Waals surface area contributed by atoms with Crippen molar-refractivity contribution in [3.63, 3.8) is 0 Å². The Hall–Kier alpha value is -6.21. The number of para-hydroxylation sites is 1. The van der Waals surface area contributed by atoms with E-state index in [0.717, 1.165) is 58.7 Å². The molecule has 0 aliphatic heterocycles. The van der Waals surface area contributed by atoms with Crippen molar-refractivity contribution >= 4 is 23.2 Å². The summed E-state index contributed by atoms with van der Waals surface area (Å²) in [4.78, 5) is 33.7. The summed E-state index contributed by atoms with van der Waals surface area (Å²) in [5, 5.41) is 18.4. The average molecular weight is 752 g/mol. The van der Waals surface area contributed by atoms with Gasteiger partial charge in [-0.15, -0.1) is 0 Å². The molecule has 7 rings (SSSR count). The van der Waals surface area contributed by atoms with Crippen LogP contribution >= 0.6 is 0 Å². The maximum absolute atomic E-state index is 13.2. The molecule has 0 saturated heterocycles. The van der Waals surface area contributed by atoms with Gasteiger partial charge in [0.05, 0.1) is 11.1 Å². The Labute approximate surface area is 313 Å². The number of carboxylic acid groups (broad SMARTS) is 2. The highest BCUT2D eigenvalue weighted by atomic mass is 19.4. The van der Waals surface area contributed by atoms with Crippen LogP contribution in [-0.4, -0.2) is 50.3 Å². The minimum atomic E-state index is -4.47. The number of fused-ring (bicyclic) bond motifs is 2. The largest absolute Gasteiger partial charge is 0.512 e. The van der Waals surface area contributed by atoms with Crippen molar-refractivity contribution in [3.8, 4) is 23.1 Å². The first-order valence-electron chi connectivity index (χ1n) is 17.7. The maximum Gasteiger partial charge on any atom is 0.512 e. The van der Waals surface area contributed by atoms with E-state index in [1.807, 2.05) is 54.6 Å². The second-order valence-corrected chi connectivity index (χ2v) is 13.3. The molecule has 0 fully saturated rings. The molecule has 282 valence electrons. The number of aromatic carboxylic acids is 1. The molecule has 0 bridgehead atoms. The number of oxazole rings is 1. The van der Waals surface area contributed by atoms with Gasteiger partial charge in [-0.25, -0.2) is 19.6 Å². The van der Waals surface area contributed by atoms with Gasteiger partial charge in [0, 0.05) is 36.5 Å². The van der Waals surface area contributed by atoms with Crippen LogP contribution in [0.25, 0.3) is 22.6 Å². The molecule has 4 aromatic carbocycles. The zero-order valence-corrected chi connectivity index (χ0v) is 29.5. The van der Waals surface area contributed by atoms with Crippen molar-refractivity contribution in [3.05, 3.63) is 142 Å². The lowest BCUT2D eigenvalue weighted by Gasteiger charge is -2.36. The van der Waals surface area contributed by atoms with Crippen LogP contribution in [0.1, 0.15) is 62.8 Å². The number of aryl methyl sites for hydroxylation is 1. The Morgan fingerprint density at radius 1 is 0.855 bits per heavy atom. The van der Waals surface area contributed by atoms with Crippen molar-refractivity contribution in [1.29, 1.82) is 0 Å². The third-order valence-electron chi connectivity index (χ3n) is 9.71. The van der Waals surface area contributed by atoms with Crippen LogP contribution in [-0.2, 0) is 32.0 Å². The van der Waals surface area contributed by atoms with E-state index < -0.39 is 23.9 Å². The third kappa shape index (κ3) is 8.95. The summed E-state index contributed by atoms with van der Waals surface area (Å²) in [6.45, 7) is 1.63. The fraction of sp³-hybridized carbons (Fsp3) is 0.238. The fourth-order valence-corrected chi connectivity index (χ4v) is 6.90. The van der Waals surface area contributed by atoms with Gasteiger partial charge in [0.1, 0.15) is 17.9 Å². The molecule has 1 unspecified atom stereocenters. The van der Waals surface area contributed by atoms with Crippen LogP contribution < -0.4 is 9.47 Å². The molecular weight excluding hydrogens is 715 g/mol. The molecule has 0 spiro atoms. The van der Waals surface area contributed by atoms with E-state index in [0.29, 0.717) is 37.9 Å². The maximum atomic E-state index is 13.2. The van der Waals surface area contributed by atoms with Crippen molar-refractivity contribution < 1.29 is 46.9 Å². The summed E-state index contributed by atoms with van der Waals surface area (Å²) >= 11 is 0. The van der Waals surface area contributed by atoms with E-state index in [1.165, 1.54) is 6.07 Å². The number of alkyl halides is 3. The van der Waals surface area contributed by atoms with Crippen LogP contribution in [0.15, 0.2) is 108 Å². The van der Waals surface area contributed by atoms with Gasteiger partial charge in [-0.2, -0.15) is 13.2 Å². The lowest BCUT2D eigenvalue weighted by atomic mass is 9.89. The number of aromatic nitrogens is 2. The lowest BCUT2D eigenvalue weighted by Crippen LogP contribution is -2.35. The van der Waals surface area contributed by atoms with Crippen molar-refractivity contribution in [2.75, 3.05) is 13.1 Å². The molecule has 2 aromatic heterocycles. The van der Waals surface area contributed by atoms with Crippen molar-refractivity contribution in [2.45, 2.75) is 50.9 Å². The summed E-state index contributed by atoms with van der Waals surface area (Å²) in [6, 6.07) is 28.8. The standard InChI is InChI=1S/C42H36F3N3O7/c43-42(44,45)31-16-18-37-34(24-31)47-39(54-37)29-12-10-27(11-13-29)25-53-36-7-2-1-4-28(36)21-23-48(22-20-26-8-14-30(15-9-26)40(49)50)35-6-3-5-33-32(35)17-19-38(46-33)55-41(51)52/h1-2,4,7-19,24,35H,3,5-6,20-23,25H2,(H,49,50)(H,51,52). The first-order chi connectivity index (χ1) is 26.5. The van der Waals surface area contributed by atoms with Crippen LogP contribution in [0.5, 0.6) is 11.6 Å². The van der Waals surface area contributed by atoms with E-state index in [2.05, 4.69) is 14.9 Å². The van der Waals surface area contributed by atoms with Gasteiger partial charge < -0.3 is 24.1 Å². The zero-order valence-electron chi connectivity index (χ0n) is 29.5. The number of hydrogen-bond donors (Lipinski definition) is 2. The van der Waals surface area contributed by atoms with Gasteiger partial charge in [-0.1, -0.05) is 48.5 Å². The molecule has 1 aliphatic carbocycles. The van der Waals surface area contributed by atoms with Crippen LogP contribution in [0.3, 0.4) is 0 Å². The van der Waals surface area contributed by atoms with Crippen molar-refractivity contribution in [2.24, 2.45) is 0 Å². The highest BCUT2D eigenvalue weighted by Crippen LogP contribution is 2.36. The molecule has 0 radical (unpaired) electrons. The molecule has 55 heavy (non-hydrogen) atoms. The number of halogens is 3. The SMILES string of the molecule is O=C(O)Oc1ccc2c(n1)CCCC2N(CCc1ccc(C(=O)O)cc1)CCc1ccccc1OCc1ccc(-c2nc3cc(C(F)(F)F)ccc3o2)cc1. The lowest BCUT2D eigenvalue weighted by molar-refractivity contribution is -0.137. The van der Waals surface area contributed by atoms with Gasteiger partial charge >= 0.3 is 18.3 Å². The molecule has 6 aromatic rings. The summed E-state index contributed by atoms with van der Waals surface area (Å²) in [5.74, 6) is 0.0276. The van der Waals surface area contributed by atoms with E-state index in [-0.39, 0.29) is 41.1 Å². The third-order valence-corrected chi connectivity index (χ3v) is 9.71. The summed E-state index contributed by atoms with van der Waals surface area (Å²) in [7, 11) is 0. The van der Waals surface area contributed by atoms with Gasteiger partial charge in [-0.3, -0.25) is 4.90 Å². The smallest absolute Gasteiger partial charge is 0.489 e. The monoisotopic (exact) mass is 751 g/mol. The van der Waals surface area contributed by atoms with Crippen LogP contribution in [0.4, 0.5) is 18.0 Å². The van der Waals surface area contributed by atoms with Gasteiger partial charge in [-0.05, 0) is 103 Å². The zero-order chi connectivity index (χ0) is 38.5. The molecule has 1 atom stereocenters. The second-order valence-electron chi connectivity index (χ2n) is 13.3. The number of carboxylic acids is 1. The number of hydrogen-bond acceptors (Lipinski definition) is 8. The number of benzene rings is 4. The molecule has 13 heteroatoms. The highest BCUT2D eigenvalue weighted by Gasteiger charge is 2.31. The minimum absolute atomic E-state index is 0.0212. The van der Waals surface area contributed by atoms with E-state index >= 15 is 0 Å². The molecule has 0 saturated carbocycles. The number of rotatable bonds is 13. The molecule has 10 nitrogen and oxygen atoms in total. The van der Waals surface area contributed by atoms with Gasteiger partial charge in [0.2, 0.25) is 11.8 Å². The molecule has 2 N–H and O–H groups in total. The molecule has 1 aliphatic rings. The predicted octanol–water partition coefficient (Wildman–Crippen LogP) is 9.41. The normalized spacial score (nSPS) is 14.1. The summed E-state index contributed by atoms with van der Waals surface area (Å²) in [6.07, 6.45) is -2.07. The Morgan fingerprint density at radius 2 is 1.60 bits per heavy atom. The van der Waals surface area contributed by atoms with Crippen LogP contribution in [0.2, 0.25) is 0 Å². The topological polar surface area (TPSA) is 135 Å².